The molecule has 2 aromatic rings. The van der Waals surface area contributed by atoms with Crippen LogP contribution in [0.2, 0.25) is 0 Å². The lowest BCUT2D eigenvalue weighted by atomic mass is 10.0. The molecule has 1 fully saturated rings. The van der Waals surface area contributed by atoms with Crippen molar-refractivity contribution in [3.63, 3.8) is 0 Å². The number of hydrogen-bond donors (Lipinski definition) is 1. The highest BCUT2D eigenvalue weighted by molar-refractivity contribution is 5.96. The van der Waals surface area contributed by atoms with Crippen molar-refractivity contribution >= 4 is 16.9 Å². The minimum atomic E-state index is -0.132. The van der Waals surface area contributed by atoms with Crippen LogP contribution in [0.1, 0.15) is 43.7 Å². The average molecular weight is 300 g/mol. The predicted molar refractivity (Wildman–Crippen MR) is 88.0 cm³/mol. The Morgan fingerprint density at radius 2 is 2.23 bits per heavy atom. The zero-order chi connectivity index (χ0) is 15.5. The van der Waals surface area contributed by atoms with E-state index in [0.29, 0.717) is 24.4 Å². The maximum absolute atomic E-state index is 12.3. The van der Waals surface area contributed by atoms with Gasteiger partial charge in [-0.25, -0.2) is 0 Å². The quantitative estimate of drug-likeness (QED) is 0.941. The molecule has 1 aromatic carbocycles. The first kappa shape index (κ1) is 15.1. The maximum Gasteiger partial charge on any atom is 0.287 e. The Morgan fingerprint density at radius 3 is 3.00 bits per heavy atom. The van der Waals surface area contributed by atoms with Gasteiger partial charge in [0.15, 0.2) is 5.76 Å². The monoisotopic (exact) mass is 300 g/mol. The number of furan rings is 1. The topological polar surface area (TPSA) is 45.5 Å². The van der Waals surface area contributed by atoms with Crippen LogP contribution in [0.5, 0.6) is 0 Å². The fourth-order valence-electron chi connectivity index (χ4n) is 3.31. The molecule has 118 valence electrons. The summed E-state index contributed by atoms with van der Waals surface area (Å²) in [5, 5.41) is 3.97. The van der Waals surface area contributed by atoms with Crippen molar-refractivity contribution in [3.05, 3.63) is 36.1 Å². The SMILES string of the molecule is C[C@@H]1CCCCN1[C@H](C)CNC(=O)c1cc2ccccc2o1. The molecule has 4 heteroatoms. The van der Waals surface area contributed by atoms with Crippen molar-refractivity contribution in [1.82, 2.24) is 10.2 Å². The van der Waals surface area contributed by atoms with E-state index in [2.05, 4.69) is 24.1 Å². The molecule has 4 nitrogen and oxygen atoms in total. The Kier molecular flexibility index (Phi) is 4.48. The van der Waals surface area contributed by atoms with Gasteiger partial charge >= 0.3 is 0 Å². The molecule has 0 radical (unpaired) electrons. The first-order chi connectivity index (χ1) is 10.6. The summed E-state index contributed by atoms with van der Waals surface area (Å²) in [5.41, 5.74) is 0.755. The van der Waals surface area contributed by atoms with Crippen LogP contribution < -0.4 is 5.32 Å². The largest absolute Gasteiger partial charge is 0.451 e. The Bertz CT molecular complexity index is 616. The molecular weight excluding hydrogens is 276 g/mol. The lowest BCUT2D eigenvalue weighted by molar-refractivity contribution is 0.0864. The van der Waals surface area contributed by atoms with E-state index in [1.54, 1.807) is 6.07 Å². The van der Waals surface area contributed by atoms with E-state index in [0.717, 1.165) is 17.5 Å². The van der Waals surface area contributed by atoms with Crippen molar-refractivity contribution < 1.29 is 9.21 Å². The van der Waals surface area contributed by atoms with Gasteiger partial charge in [0.1, 0.15) is 5.58 Å². The van der Waals surface area contributed by atoms with Gasteiger partial charge in [0.25, 0.3) is 5.91 Å². The van der Waals surface area contributed by atoms with E-state index < -0.39 is 0 Å². The summed E-state index contributed by atoms with van der Waals surface area (Å²) < 4.78 is 5.60. The second-order valence-corrected chi connectivity index (χ2v) is 6.29. The predicted octanol–water partition coefficient (Wildman–Crippen LogP) is 3.43. The molecule has 1 aliphatic rings. The molecule has 1 amide bonds. The van der Waals surface area contributed by atoms with Crippen molar-refractivity contribution in [2.75, 3.05) is 13.1 Å². The van der Waals surface area contributed by atoms with E-state index >= 15 is 0 Å². The number of likely N-dealkylation sites (tertiary alicyclic amines) is 1. The van der Waals surface area contributed by atoms with E-state index in [9.17, 15) is 4.79 Å². The Morgan fingerprint density at radius 1 is 1.41 bits per heavy atom. The molecule has 22 heavy (non-hydrogen) atoms. The summed E-state index contributed by atoms with van der Waals surface area (Å²) in [6.45, 7) is 6.24. The first-order valence-electron chi connectivity index (χ1n) is 8.17. The van der Waals surface area contributed by atoms with Crippen LogP contribution in [0.3, 0.4) is 0 Å². The van der Waals surface area contributed by atoms with Crippen LogP contribution in [0.25, 0.3) is 11.0 Å². The van der Waals surface area contributed by atoms with Gasteiger partial charge in [-0.3, -0.25) is 9.69 Å². The highest BCUT2D eigenvalue weighted by Crippen LogP contribution is 2.20. The third-order valence-electron chi connectivity index (χ3n) is 4.63. The van der Waals surface area contributed by atoms with Crippen LogP contribution in [0, 0.1) is 0 Å². The number of piperidine rings is 1. The van der Waals surface area contributed by atoms with E-state index in [4.69, 9.17) is 4.42 Å². The Hall–Kier alpha value is -1.81. The summed E-state index contributed by atoms with van der Waals surface area (Å²) in [6.07, 6.45) is 3.82. The fraction of sp³-hybridized carbons (Fsp3) is 0.500. The second-order valence-electron chi connectivity index (χ2n) is 6.29. The normalized spacial score (nSPS) is 20.9. The molecule has 0 unspecified atom stereocenters. The first-order valence-corrected chi connectivity index (χ1v) is 8.17. The fourth-order valence-corrected chi connectivity index (χ4v) is 3.31. The molecule has 0 bridgehead atoms. The molecular formula is C18H24N2O2. The number of benzene rings is 1. The molecule has 2 heterocycles. The minimum Gasteiger partial charge on any atom is -0.451 e. The van der Waals surface area contributed by atoms with Crippen molar-refractivity contribution in [1.29, 1.82) is 0 Å². The Balaban J connectivity index is 1.59. The van der Waals surface area contributed by atoms with Crippen molar-refractivity contribution in [3.8, 4) is 0 Å². The number of rotatable bonds is 4. The van der Waals surface area contributed by atoms with Crippen LogP contribution in [0.15, 0.2) is 34.7 Å². The molecule has 1 N–H and O–H groups in total. The summed E-state index contributed by atoms with van der Waals surface area (Å²) >= 11 is 0. The molecule has 0 spiro atoms. The summed E-state index contributed by atoms with van der Waals surface area (Å²) in [6, 6.07) is 10.4. The van der Waals surface area contributed by atoms with Gasteiger partial charge in [-0.15, -0.1) is 0 Å². The standard InChI is InChI=1S/C18H24N2O2/c1-13-7-5-6-10-20(13)14(2)12-19-18(21)17-11-15-8-3-4-9-16(15)22-17/h3-4,8-9,11,13-14H,5-7,10,12H2,1-2H3,(H,19,21)/t13-,14-/m1/s1. The third-order valence-corrected chi connectivity index (χ3v) is 4.63. The van der Waals surface area contributed by atoms with E-state index in [1.165, 1.54) is 19.3 Å². The highest BCUT2D eigenvalue weighted by atomic mass is 16.3. The molecule has 0 aliphatic carbocycles. The van der Waals surface area contributed by atoms with E-state index in [1.807, 2.05) is 24.3 Å². The number of carbonyl (C=O) groups excluding carboxylic acids is 1. The number of fused-ring (bicyclic) bond motifs is 1. The molecule has 1 aromatic heterocycles. The molecule has 1 saturated heterocycles. The minimum absolute atomic E-state index is 0.132. The number of nitrogens with zero attached hydrogens (tertiary/aromatic N) is 1. The number of para-hydroxylation sites is 1. The lowest BCUT2D eigenvalue weighted by Gasteiger charge is -2.38. The Labute approximate surface area is 131 Å². The maximum atomic E-state index is 12.3. The third kappa shape index (κ3) is 3.17. The van der Waals surface area contributed by atoms with Crippen LogP contribution in [0.4, 0.5) is 0 Å². The van der Waals surface area contributed by atoms with Crippen molar-refractivity contribution in [2.45, 2.75) is 45.2 Å². The van der Waals surface area contributed by atoms with Gasteiger partial charge in [-0.05, 0) is 45.4 Å². The van der Waals surface area contributed by atoms with Crippen molar-refractivity contribution in [2.24, 2.45) is 0 Å². The second kappa shape index (κ2) is 6.53. The van der Waals surface area contributed by atoms with Crippen LogP contribution in [-0.2, 0) is 0 Å². The zero-order valence-electron chi connectivity index (χ0n) is 13.3. The average Bonchev–Trinajstić information content (AvgIpc) is 2.97. The summed E-state index contributed by atoms with van der Waals surface area (Å²) in [4.78, 5) is 14.7. The zero-order valence-corrected chi connectivity index (χ0v) is 13.3. The van der Waals surface area contributed by atoms with Gasteiger partial charge in [0.05, 0.1) is 0 Å². The molecule has 1 aliphatic heterocycles. The van der Waals surface area contributed by atoms with Gasteiger partial charge in [0.2, 0.25) is 0 Å². The molecule has 0 saturated carbocycles. The van der Waals surface area contributed by atoms with Gasteiger partial charge < -0.3 is 9.73 Å². The molecule has 2 atom stereocenters. The molecule has 3 rings (SSSR count). The van der Waals surface area contributed by atoms with Gasteiger partial charge in [-0.2, -0.15) is 0 Å². The summed E-state index contributed by atoms with van der Waals surface area (Å²) in [5.74, 6) is 0.257. The number of amides is 1. The smallest absolute Gasteiger partial charge is 0.287 e. The lowest BCUT2D eigenvalue weighted by Crippen LogP contribution is -2.48. The number of hydrogen-bond acceptors (Lipinski definition) is 3. The van der Waals surface area contributed by atoms with E-state index in [-0.39, 0.29) is 5.91 Å². The van der Waals surface area contributed by atoms with Crippen LogP contribution in [-0.4, -0.2) is 36.0 Å². The summed E-state index contributed by atoms with van der Waals surface area (Å²) in [7, 11) is 0. The number of nitrogens with one attached hydrogen (secondary N) is 1. The van der Waals surface area contributed by atoms with Gasteiger partial charge in [0, 0.05) is 24.0 Å². The van der Waals surface area contributed by atoms with Gasteiger partial charge in [-0.1, -0.05) is 24.6 Å². The highest BCUT2D eigenvalue weighted by Gasteiger charge is 2.23. The number of carbonyl (C=O) groups is 1. The van der Waals surface area contributed by atoms with Crippen LogP contribution >= 0.6 is 0 Å².